The van der Waals surface area contributed by atoms with Crippen LogP contribution < -0.4 is 0 Å². The van der Waals surface area contributed by atoms with Crippen LogP contribution in [0, 0.1) is 56.7 Å². The second-order valence-corrected chi connectivity index (χ2v) is 15.9. The number of allylic oxidation sites excluding steroid dienone is 1. The van der Waals surface area contributed by atoms with E-state index in [1.54, 1.807) is 6.92 Å². The second-order valence-electron chi connectivity index (χ2n) is 15.9. The maximum atomic E-state index is 11.9. The van der Waals surface area contributed by atoms with Crippen LogP contribution in [0.2, 0.25) is 0 Å². The third-order valence-electron chi connectivity index (χ3n) is 14.2. The Labute approximate surface area is 246 Å². The van der Waals surface area contributed by atoms with Crippen molar-refractivity contribution in [3.05, 3.63) is 12.2 Å². The van der Waals surface area contributed by atoms with Crippen molar-refractivity contribution < 1.29 is 19.4 Å². The highest BCUT2D eigenvalue weighted by atomic mass is 16.5. The van der Waals surface area contributed by atoms with E-state index in [-0.39, 0.29) is 22.9 Å². The van der Waals surface area contributed by atoms with Gasteiger partial charge in [-0.25, -0.2) is 0 Å². The normalized spacial score (nSPS) is 47.0. The monoisotopic (exact) mass is 558 g/mol. The van der Waals surface area contributed by atoms with Gasteiger partial charge in [0.25, 0.3) is 0 Å². The zero-order chi connectivity index (χ0) is 29.7. The number of aliphatic hydroxyl groups excluding tert-OH is 1. The summed E-state index contributed by atoms with van der Waals surface area (Å²) in [5.41, 5.74) is 2.45. The highest BCUT2D eigenvalue weighted by molar-refractivity contribution is 5.66. The Kier molecular flexibility index (Phi) is 9.07. The molecule has 5 saturated carbocycles. The van der Waals surface area contributed by atoms with Crippen LogP contribution in [0.15, 0.2) is 12.2 Å². The summed E-state index contributed by atoms with van der Waals surface area (Å²) in [6.45, 7) is 27.0. The van der Waals surface area contributed by atoms with Crippen LogP contribution in [0.1, 0.15) is 127 Å². The van der Waals surface area contributed by atoms with E-state index in [1.165, 1.54) is 63.4 Å². The predicted molar refractivity (Wildman–Crippen MR) is 164 cm³/mol. The summed E-state index contributed by atoms with van der Waals surface area (Å²) in [5.74, 6) is 3.07. The average Bonchev–Trinajstić information content (AvgIpc) is 3.27. The molecule has 0 saturated heterocycles. The van der Waals surface area contributed by atoms with Crippen molar-refractivity contribution >= 4 is 5.97 Å². The summed E-state index contributed by atoms with van der Waals surface area (Å²) in [6.07, 6.45) is 12.2. The summed E-state index contributed by atoms with van der Waals surface area (Å²) in [7, 11) is 0. The molecule has 0 unspecified atom stereocenters. The quantitative estimate of drug-likeness (QED) is 0.271. The second kappa shape index (κ2) is 11.3. The van der Waals surface area contributed by atoms with Crippen LogP contribution in [-0.2, 0) is 14.3 Å². The van der Waals surface area contributed by atoms with Gasteiger partial charge in [-0.15, -0.1) is 0 Å². The third-order valence-corrected chi connectivity index (χ3v) is 14.2. The summed E-state index contributed by atoms with van der Waals surface area (Å²) in [4.78, 5) is 11.9. The summed E-state index contributed by atoms with van der Waals surface area (Å²) < 4.78 is 10.7. The SMILES string of the molecule is C=C(C)[C@@H]1CC[C@]2(CO)CC[C@]3(C)[C@H](CC[C@@H]4[C@@]5(C)CC[C@H](OC(C)=O)C(C)(C)[C@@H]5CC[C@]43C)[C@@H]12.CCOCC. The topological polar surface area (TPSA) is 55.8 Å². The minimum Gasteiger partial charge on any atom is -0.462 e. The first-order chi connectivity index (χ1) is 18.7. The summed E-state index contributed by atoms with van der Waals surface area (Å²) in [6, 6.07) is 0. The molecule has 5 fully saturated rings. The Morgan fingerprint density at radius 1 is 0.825 bits per heavy atom. The number of esters is 1. The van der Waals surface area contributed by atoms with E-state index in [0.717, 1.165) is 25.6 Å². The number of ether oxygens (including phenoxy) is 2. The summed E-state index contributed by atoms with van der Waals surface area (Å²) >= 11 is 0. The Morgan fingerprint density at radius 3 is 2.05 bits per heavy atom. The highest BCUT2D eigenvalue weighted by Gasteiger charge is 2.71. The molecular weight excluding hydrogens is 496 g/mol. The van der Waals surface area contributed by atoms with Crippen molar-refractivity contribution in [3.8, 4) is 0 Å². The van der Waals surface area contributed by atoms with Gasteiger partial charge in [0, 0.05) is 32.2 Å². The van der Waals surface area contributed by atoms with Gasteiger partial charge in [0.15, 0.2) is 0 Å². The van der Waals surface area contributed by atoms with Gasteiger partial charge in [0.2, 0.25) is 0 Å². The molecule has 5 rings (SSSR count). The molecule has 1 N–H and O–H groups in total. The lowest BCUT2D eigenvalue weighted by Crippen LogP contribution is -2.67. The molecule has 5 aliphatic rings. The summed E-state index contributed by atoms with van der Waals surface area (Å²) in [5, 5.41) is 10.7. The molecule has 230 valence electrons. The first-order valence-corrected chi connectivity index (χ1v) is 16.7. The number of hydrogen-bond acceptors (Lipinski definition) is 4. The molecule has 0 aliphatic heterocycles. The largest absolute Gasteiger partial charge is 0.462 e. The van der Waals surface area contributed by atoms with Gasteiger partial charge >= 0.3 is 5.97 Å². The van der Waals surface area contributed by atoms with E-state index >= 15 is 0 Å². The lowest BCUT2D eigenvalue weighted by Gasteiger charge is -2.73. The molecule has 0 aromatic carbocycles. The lowest BCUT2D eigenvalue weighted by molar-refractivity contribution is -0.251. The number of carbonyl (C=O) groups excluding carboxylic acids is 1. The van der Waals surface area contributed by atoms with Crippen molar-refractivity contribution in [2.45, 2.75) is 133 Å². The Bertz CT molecular complexity index is 939. The average molecular weight is 559 g/mol. The molecule has 5 aliphatic carbocycles. The number of hydrogen-bond donors (Lipinski definition) is 1. The maximum Gasteiger partial charge on any atom is 0.302 e. The Balaban J connectivity index is 0.000000681. The molecule has 0 bridgehead atoms. The fourth-order valence-electron chi connectivity index (χ4n) is 12.1. The van der Waals surface area contributed by atoms with Gasteiger partial charge in [-0.2, -0.15) is 0 Å². The van der Waals surface area contributed by atoms with Gasteiger partial charge in [-0.05, 0) is 136 Å². The molecule has 10 atom stereocenters. The maximum absolute atomic E-state index is 11.9. The van der Waals surface area contributed by atoms with Gasteiger partial charge in [-0.1, -0.05) is 46.8 Å². The molecular formula is C36H62O4. The van der Waals surface area contributed by atoms with Crippen molar-refractivity contribution in [3.63, 3.8) is 0 Å². The van der Waals surface area contributed by atoms with E-state index in [4.69, 9.17) is 9.47 Å². The van der Waals surface area contributed by atoms with Crippen LogP contribution in [0.3, 0.4) is 0 Å². The van der Waals surface area contributed by atoms with Gasteiger partial charge in [0.05, 0.1) is 0 Å². The molecule has 4 nitrogen and oxygen atoms in total. The van der Waals surface area contributed by atoms with E-state index in [1.807, 2.05) is 13.8 Å². The zero-order valence-corrected chi connectivity index (χ0v) is 27.5. The van der Waals surface area contributed by atoms with Crippen molar-refractivity contribution in [2.75, 3.05) is 19.8 Å². The minimum atomic E-state index is -0.126. The molecule has 0 spiro atoms. The predicted octanol–water partition coefficient (Wildman–Crippen LogP) is 8.61. The number of rotatable bonds is 5. The van der Waals surface area contributed by atoms with Crippen LogP contribution in [-0.4, -0.2) is 37.0 Å². The minimum absolute atomic E-state index is 0.0207. The molecule has 0 amide bonds. The van der Waals surface area contributed by atoms with Crippen LogP contribution in [0.25, 0.3) is 0 Å². The molecule has 0 aromatic heterocycles. The van der Waals surface area contributed by atoms with Gasteiger partial charge in [-0.3, -0.25) is 4.79 Å². The fraction of sp³-hybridized carbons (Fsp3) is 0.917. The molecule has 0 radical (unpaired) electrons. The number of fused-ring (bicyclic) bond motifs is 7. The molecule has 4 heteroatoms. The number of aliphatic hydroxyl groups is 1. The van der Waals surface area contributed by atoms with E-state index in [0.29, 0.717) is 46.5 Å². The first kappa shape index (κ1) is 32.1. The van der Waals surface area contributed by atoms with Gasteiger partial charge in [0.1, 0.15) is 6.10 Å². The number of carbonyl (C=O) groups is 1. The van der Waals surface area contributed by atoms with E-state index < -0.39 is 0 Å². The molecule has 0 aromatic rings. The third kappa shape index (κ3) is 4.74. The lowest BCUT2D eigenvalue weighted by atomic mass is 9.32. The van der Waals surface area contributed by atoms with Crippen LogP contribution >= 0.6 is 0 Å². The van der Waals surface area contributed by atoms with Crippen molar-refractivity contribution in [1.82, 2.24) is 0 Å². The zero-order valence-electron chi connectivity index (χ0n) is 27.5. The standard InChI is InChI=1S/C32H52O3.C4H10O/c1-20(2)22-11-16-32(19-33)18-17-30(7)23(27(22)32)9-10-25-29(6)14-13-26(35-21(3)34)28(4,5)24(29)12-15-31(25,30)8;1-3-5-4-2/h22-27,33H,1,9-19H2,2-8H3;3-4H2,1-2H3/t22-,23+,24-,25+,26-,27+,29-,30+,31+,32+;/m0./s1. The molecule has 0 heterocycles. The van der Waals surface area contributed by atoms with Crippen molar-refractivity contribution in [2.24, 2.45) is 56.7 Å². The van der Waals surface area contributed by atoms with E-state index in [2.05, 4.69) is 48.1 Å². The first-order valence-electron chi connectivity index (χ1n) is 16.7. The van der Waals surface area contributed by atoms with E-state index in [9.17, 15) is 9.90 Å². The van der Waals surface area contributed by atoms with Crippen LogP contribution in [0.4, 0.5) is 0 Å². The van der Waals surface area contributed by atoms with Gasteiger partial charge < -0.3 is 14.6 Å². The Morgan fingerprint density at radius 2 is 1.50 bits per heavy atom. The van der Waals surface area contributed by atoms with Crippen LogP contribution in [0.5, 0.6) is 0 Å². The smallest absolute Gasteiger partial charge is 0.302 e. The molecule has 40 heavy (non-hydrogen) atoms. The Hall–Kier alpha value is -0.870. The fourth-order valence-corrected chi connectivity index (χ4v) is 12.1. The van der Waals surface area contributed by atoms with Crippen molar-refractivity contribution in [1.29, 1.82) is 0 Å². The highest BCUT2D eigenvalue weighted by Crippen LogP contribution is 2.77.